The lowest BCUT2D eigenvalue weighted by atomic mass is 10.1. The zero-order chi connectivity index (χ0) is 14.4. The quantitative estimate of drug-likeness (QED) is 0.554. The van der Waals surface area contributed by atoms with Gasteiger partial charge in [-0.2, -0.15) is 0 Å². The van der Waals surface area contributed by atoms with Crippen LogP contribution in [0, 0.1) is 0 Å². The monoisotopic (exact) mass is 284 g/mol. The summed E-state index contributed by atoms with van der Waals surface area (Å²) in [5, 5.41) is 18.8. The first-order chi connectivity index (χ1) is 9.52. The van der Waals surface area contributed by atoms with Crippen molar-refractivity contribution in [2.24, 2.45) is 0 Å². The molecule has 8 nitrogen and oxygen atoms in total. The summed E-state index contributed by atoms with van der Waals surface area (Å²) in [4.78, 5) is 18.0. The number of hydrogen-bond acceptors (Lipinski definition) is 6. The molecular formula is C11H13FN4O4. The Balaban J connectivity index is 2.09. The molecule has 0 aliphatic carbocycles. The summed E-state index contributed by atoms with van der Waals surface area (Å²) in [6.45, 7) is -0.552. The minimum absolute atomic E-state index is 0.109. The second kappa shape index (κ2) is 4.54. The van der Waals surface area contributed by atoms with E-state index in [9.17, 15) is 14.3 Å². The average Bonchev–Trinajstić information content (AvgIpc) is 2.93. The van der Waals surface area contributed by atoms with Crippen LogP contribution < -0.4 is 11.3 Å². The number of nitrogens with two attached hydrogens (primary N) is 1. The summed E-state index contributed by atoms with van der Waals surface area (Å²) in [6, 6.07) is 1.44. The summed E-state index contributed by atoms with van der Waals surface area (Å²) >= 11 is 0. The number of imidazole rings is 1. The smallest absolute Gasteiger partial charge is 0.277 e. The van der Waals surface area contributed by atoms with E-state index in [1.54, 1.807) is 0 Å². The Labute approximate surface area is 111 Å². The number of aromatic amines is 1. The minimum atomic E-state index is -1.72. The number of nitrogens with one attached hydrogen (secondary N) is 1. The predicted molar refractivity (Wildman–Crippen MR) is 66.7 cm³/mol. The number of rotatable bonds is 2. The number of nitrogen functional groups attached to an aromatic ring is 1. The number of aliphatic hydroxyl groups excluding tert-OH is 2. The Morgan fingerprint density at radius 2 is 2.35 bits per heavy atom. The number of fused-ring (bicyclic) bond motifs is 1. The normalized spacial score (nSPS) is 30.1. The number of ether oxygens (including phenoxy) is 1. The molecule has 2 aromatic heterocycles. The number of aromatic nitrogens is 3. The van der Waals surface area contributed by atoms with Crippen LogP contribution >= 0.6 is 0 Å². The molecule has 0 spiro atoms. The second-order valence-electron chi connectivity index (χ2n) is 4.62. The molecule has 0 radical (unpaired) electrons. The van der Waals surface area contributed by atoms with Crippen LogP contribution in [0.4, 0.5) is 10.2 Å². The Morgan fingerprint density at radius 3 is 3.00 bits per heavy atom. The molecule has 4 atom stereocenters. The highest BCUT2D eigenvalue weighted by Gasteiger charge is 2.45. The van der Waals surface area contributed by atoms with Gasteiger partial charge in [-0.25, -0.2) is 9.37 Å². The second-order valence-corrected chi connectivity index (χ2v) is 4.62. The number of nitrogens with zero attached hydrogens (tertiary/aromatic N) is 2. The van der Waals surface area contributed by atoms with Crippen LogP contribution in [0.1, 0.15) is 6.23 Å². The lowest BCUT2D eigenvalue weighted by Gasteiger charge is -2.16. The molecule has 9 heteroatoms. The highest BCUT2D eigenvalue weighted by molar-refractivity contribution is 5.76. The maximum absolute atomic E-state index is 13.7. The first-order valence-corrected chi connectivity index (χ1v) is 5.96. The molecular weight excluding hydrogens is 271 g/mol. The van der Waals surface area contributed by atoms with Gasteiger partial charge in [0.15, 0.2) is 17.9 Å². The van der Waals surface area contributed by atoms with Gasteiger partial charge in [0.1, 0.15) is 18.0 Å². The van der Waals surface area contributed by atoms with E-state index in [0.717, 1.165) is 0 Å². The van der Waals surface area contributed by atoms with Crippen LogP contribution in [0.5, 0.6) is 0 Å². The van der Waals surface area contributed by atoms with Crippen molar-refractivity contribution in [1.82, 2.24) is 14.5 Å². The zero-order valence-electron chi connectivity index (χ0n) is 10.2. The molecule has 0 saturated carbocycles. The highest BCUT2D eigenvalue weighted by atomic mass is 19.1. The topological polar surface area (TPSA) is 126 Å². The van der Waals surface area contributed by atoms with Gasteiger partial charge in [0.05, 0.1) is 18.5 Å². The van der Waals surface area contributed by atoms with E-state index in [-0.39, 0.29) is 11.3 Å². The molecule has 0 bridgehead atoms. The van der Waals surface area contributed by atoms with Gasteiger partial charge in [0.25, 0.3) is 5.56 Å². The van der Waals surface area contributed by atoms with Gasteiger partial charge in [-0.05, 0) is 0 Å². The van der Waals surface area contributed by atoms with Crippen LogP contribution in [0.2, 0.25) is 0 Å². The van der Waals surface area contributed by atoms with Crippen molar-refractivity contribution in [2.75, 3.05) is 12.3 Å². The fourth-order valence-corrected chi connectivity index (χ4v) is 2.35. The standard InChI is InChI=1S/C11H13FN4O4/c12-7-5(2-17)20-11(9(7)18)16-3-14-8-4(16)1-6(13)15-10(8)19/h1,3,5,7,9,11,17-18H,2H2,(H3,13,15,19)/t5-,7?,9+,11-/m1/s1. The summed E-state index contributed by atoms with van der Waals surface area (Å²) in [5.41, 5.74) is 5.50. The molecule has 1 aliphatic rings. The van der Waals surface area contributed by atoms with Crippen LogP contribution in [-0.4, -0.2) is 49.7 Å². The molecule has 1 fully saturated rings. The van der Waals surface area contributed by atoms with E-state index in [2.05, 4.69) is 9.97 Å². The van der Waals surface area contributed by atoms with Crippen molar-refractivity contribution in [3.05, 3.63) is 22.7 Å². The SMILES string of the molecule is Nc1cc2c(ncn2[C@@H]2O[C@H](CO)C(F)[C@@H]2O)c(=O)[nH]1. The first kappa shape index (κ1) is 13.0. The average molecular weight is 284 g/mol. The molecule has 0 aromatic carbocycles. The van der Waals surface area contributed by atoms with E-state index in [1.165, 1.54) is 17.0 Å². The predicted octanol–water partition coefficient (Wildman–Crippen LogP) is -1.10. The fourth-order valence-electron chi connectivity index (χ4n) is 2.35. The Hall–Kier alpha value is -1.97. The minimum Gasteiger partial charge on any atom is -0.394 e. The molecule has 2 aromatic rings. The summed E-state index contributed by atoms with van der Waals surface area (Å²) in [7, 11) is 0. The molecule has 5 N–H and O–H groups in total. The summed E-state index contributed by atoms with van der Waals surface area (Å²) in [5.74, 6) is 0.118. The van der Waals surface area contributed by atoms with Crippen molar-refractivity contribution < 1.29 is 19.3 Å². The fraction of sp³-hybridized carbons (Fsp3) is 0.455. The maximum atomic E-state index is 13.7. The van der Waals surface area contributed by atoms with Gasteiger partial charge in [-0.3, -0.25) is 4.79 Å². The van der Waals surface area contributed by atoms with Crippen molar-refractivity contribution >= 4 is 16.9 Å². The molecule has 3 rings (SSSR count). The van der Waals surface area contributed by atoms with E-state index >= 15 is 0 Å². The number of alkyl halides is 1. The molecule has 0 amide bonds. The van der Waals surface area contributed by atoms with Crippen molar-refractivity contribution in [2.45, 2.75) is 24.6 Å². The van der Waals surface area contributed by atoms with E-state index < -0.39 is 36.8 Å². The van der Waals surface area contributed by atoms with Crippen molar-refractivity contribution in [1.29, 1.82) is 0 Å². The number of H-pyrrole nitrogens is 1. The highest BCUT2D eigenvalue weighted by Crippen LogP contribution is 2.33. The van der Waals surface area contributed by atoms with Crippen LogP contribution in [0.3, 0.4) is 0 Å². The number of anilines is 1. The van der Waals surface area contributed by atoms with Gasteiger partial charge in [-0.15, -0.1) is 0 Å². The first-order valence-electron chi connectivity index (χ1n) is 5.96. The van der Waals surface area contributed by atoms with Gasteiger partial charge in [0.2, 0.25) is 0 Å². The lowest BCUT2D eigenvalue weighted by Crippen LogP contribution is -2.29. The van der Waals surface area contributed by atoms with E-state index in [0.29, 0.717) is 5.52 Å². The lowest BCUT2D eigenvalue weighted by molar-refractivity contribution is -0.0493. The van der Waals surface area contributed by atoms with Crippen molar-refractivity contribution in [3.63, 3.8) is 0 Å². The Morgan fingerprint density at radius 1 is 1.60 bits per heavy atom. The zero-order valence-corrected chi connectivity index (χ0v) is 10.2. The largest absolute Gasteiger partial charge is 0.394 e. The summed E-state index contributed by atoms with van der Waals surface area (Å²) in [6.07, 6.45) is -4.12. The third kappa shape index (κ3) is 1.79. The third-order valence-electron chi connectivity index (χ3n) is 3.34. The Kier molecular flexibility index (Phi) is 2.96. The maximum Gasteiger partial charge on any atom is 0.277 e. The number of aliphatic hydroxyl groups is 2. The number of pyridine rings is 1. The molecule has 1 unspecified atom stereocenters. The molecule has 1 aliphatic heterocycles. The van der Waals surface area contributed by atoms with Gasteiger partial charge in [-0.1, -0.05) is 0 Å². The number of halogens is 1. The molecule has 3 heterocycles. The molecule has 1 saturated heterocycles. The molecule has 20 heavy (non-hydrogen) atoms. The Bertz CT molecular complexity index is 699. The van der Waals surface area contributed by atoms with E-state index in [1.807, 2.05) is 0 Å². The van der Waals surface area contributed by atoms with Crippen LogP contribution in [0.15, 0.2) is 17.2 Å². The van der Waals surface area contributed by atoms with Crippen molar-refractivity contribution in [3.8, 4) is 0 Å². The molecule has 108 valence electrons. The van der Waals surface area contributed by atoms with Gasteiger partial charge in [0, 0.05) is 6.07 Å². The van der Waals surface area contributed by atoms with Crippen LogP contribution in [-0.2, 0) is 4.74 Å². The van der Waals surface area contributed by atoms with Gasteiger partial charge >= 0.3 is 0 Å². The van der Waals surface area contributed by atoms with E-state index in [4.69, 9.17) is 15.6 Å². The summed E-state index contributed by atoms with van der Waals surface area (Å²) < 4.78 is 20.3. The van der Waals surface area contributed by atoms with Crippen LogP contribution in [0.25, 0.3) is 11.0 Å². The van der Waals surface area contributed by atoms with Gasteiger partial charge < -0.3 is 30.2 Å². The number of hydrogen-bond donors (Lipinski definition) is 4. The third-order valence-corrected chi connectivity index (χ3v) is 3.34.